The first-order valence-corrected chi connectivity index (χ1v) is 7.20. The standard InChI is InChI=1S/C10H3Br2Cl3N2O/c11-4-1-7(14)8(2-6(4)13)18-9-5(12)3-16-10(15)17-9/h1-3H. The van der Waals surface area contributed by atoms with Crippen LogP contribution in [0.15, 0.2) is 27.3 Å². The van der Waals surface area contributed by atoms with E-state index in [1.54, 1.807) is 12.1 Å². The van der Waals surface area contributed by atoms with Crippen molar-refractivity contribution in [3.05, 3.63) is 42.6 Å². The third kappa shape index (κ3) is 3.27. The zero-order chi connectivity index (χ0) is 13.3. The maximum absolute atomic E-state index is 6.04. The lowest BCUT2D eigenvalue weighted by atomic mass is 10.3. The van der Waals surface area contributed by atoms with Gasteiger partial charge in [-0.3, -0.25) is 0 Å². The van der Waals surface area contributed by atoms with Crippen LogP contribution in [0, 0.1) is 0 Å². The van der Waals surface area contributed by atoms with E-state index in [1.807, 2.05) is 0 Å². The molecule has 0 aliphatic rings. The molecule has 18 heavy (non-hydrogen) atoms. The van der Waals surface area contributed by atoms with E-state index in [0.29, 0.717) is 24.7 Å². The van der Waals surface area contributed by atoms with Gasteiger partial charge in [0.05, 0.1) is 14.5 Å². The number of benzene rings is 1. The highest BCUT2D eigenvalue weighted by molar-refractivity contribution is 9.10. The Labute approximate surface area is 135 Å². The van der Waals surface area contributed by atoms with Gasteiger partial charge in [0, 0.05) is 16.7 Å². The van der Waals surface area contributed by atoms with E-state index in [2.05, 4.69) is 41.8 Å². The van der Waals surface area contributed by atoms with Gasteiger partial charge < -0.3 is 4.74 Å². The molecule has 0 fully saturated rings. The molecule has 1 aromatic carbocycles. The van der Waals surface area contributed by atoms with Crippen molar-refractivity contribution in [2.45, 2.75) is 0 Å². The molecule has 2 rings (SSSR count). The van der Waals surface area contributed by atoms with E-state index >= 15 is 0 Å². The molecule has 3 nitrogen and oxygen atoms in total. The summed E-state index contributed by atoms with van der Waals surface area (Å²) < 4.78 is 6.78. The van der Waals surface area contributed by atoms with Crippen LogP contribution in [0.3, 0.4) is 0 Å². The maximum atomic E-state index is 6.04. The lowest BCUT2D eigenvalue weighted by Gasteiger charge is -2.09. The number of nitrogens with zero attached hydrogens (tertiary/aromatic N) is 2. The molecule has 0 unspecified atom stereocenters. The summed E-state index contributed by atoms with van der Waals surface area (Å²) in [4.78, 5) is 7.73. The van der Waals surface area contributed by atoms with Crippen LogP contribution in [0.5, 0.6) is 11.6 Å². The monoisotopic (exact) mass is 430 g/mol. The van der Waals surface area contributed by atoms with E-state index in [1.165, 1.54) is 6.20 Å². The highest BCUT2D eigenvalue weighted by atomic mass is 79.9. The van der Waals surface area contributed by atoms with Gasteiger partial charge in [-0.2, -0.15) is 4.98 Å². The quantitative estimate of drug-likeness (QED) is 0.447. The molecule has 1 aromatic heterocycles. The first-order chi connectivity index (χ1) is 8.47. The SMILES string of the molecule is Clc1ncc(Br)c(Oc2cc(Cl)c(Br)cc2Cl)n1. The largest absolute Gasteiger partial charge is 0.436 e. The topological polar surface area (TPSA) is 35.0 Å². The molecule has 0 saturated heterocycles. The van der Waals surface area contributed by atoms with Crippen molar-refractivity contribution in [3.63, 3.8) is 0 Å². The van der Waals surface area contributed by atoms with Crippen LogP contribution in [0.4, 0.5) is 0 Å². The van der Waals surface area contributed by atoms with E-state index in [0.717, 1.165) is 0 Å². The molecule has 0 spiro atoms. The summed E-state index contributed by atoms with van der Waals surface area (Å²) in [6, 6.07) is 3.21. The second-order valence-corrected chi connectivity index (χ2v) is 5.95. The van der Waals surface area contributed by atoms with Crippen molar-refractivity contribution in [2.75, 3.05) is 0 Å². The fraction of sp³-hybridized carbons (Fsp3) is 0. The summed E-state index contributed by atoms with van der Waals surface area (Å²) in [6.07, 6.45) is 1.49. The van der Waals surface area contributed by atoms with Gasteiger partial charge in [-0.1, -0.05) is 23.2 Å². The third-order valence-corrected chi connectivity index (χ3v) is 4.08. The van der Waals surface area contributed by atoms with Gasteiger partial charge in [0.25, 0.3) is 0 Å². The molecule has 0 aliphatic carbocycles. The summed E-state index contributed by atoms with van der Waals surface area (Å²) in [5.74, 6) is 0.635. The molecular formula is C10H3Br2Cl3N2O. The van der Waals surface area contributed by atoms with Crippen LogP contribution < -0.4 is 4.74 Å². The number of rotatable bonds is 2. The second-order valence-electron chi connectivity index (χ2n) is 3.09. The molecule has 0 atom stereocenters. The molecule has 94 valence electrons. The normalized spacial score (nSPS) is 10.5. The third-order valence-electron chi connectivity index (χ3n) is 1.86. The predicted molar refractivity (Wildman–Crippen MR) is 79.0 cm³/mol. The Morgan fingerprint density at radius 1 is 1.00 bits per heavy atom. The van der Waals surface area contributed by atoms with Crippen molar-refractivity contribution in [3.8, 4) is 11.6 Å². The minimum Gasteiger partial charge on any atom is -0.436 e. The Kier molecular flexibility index (Phi) is 4.72. The van der Waals surface area contributed by atoms with Crippen molar-refractivity contribution >= 4 is 66.7 Å². The minimum absolute atomic E-state index is 0.0764. The van der Waals surface area contributed by atoms with Crippen LogP contribution in [-0.2, 0) is 0 Å². The van der Waals surface area contributed by atoms with Gasteiger partial charge in [0.1, 0.15) is 5.75 Å². The molecule has 0 N–H and O–H groups in total. The summed E-state index contributed by atoms with van der Waals surface area (Å²) >= 11 is 24.2. The fourth-order valence-electron chi connectivity index (χ4n) is 1.09. The summed E-state index contributed by atoms with van der Waals surface area (Å²) in [5, 5.41) is 0.950. The average molecular weight is 433 g/mol. The van der Waals surface area contributed by atoms with Crippen LogP contribution >= 0.6 is 66.7 Å². The lowest BCUT2D eigenvalue weighted by Crippen LogP contribution is -1.92. The molecule has 2 aromatic rings. The number of aromatic nitrogens is 2. The van der Waals surface area contributed by atoms with Gasteiger partial charge in [-0.15, -0.1) is 0 Å². The Morgan fingerprint density at radius 2 is 1.72 bits per heavy atom. The molecule has 0 bridgehead atoms. The smallest absolute Gasteiger partial charge is 0.238 e. The Hall–Kier alpha value is -0.0700. The van der Waals surface area contributed by atoms with Gasteiger partial charge in [-0.25, -0.2) is 4.98 Å². The highest BCUT2D eigenvalue weighted by Crippen LogP contribution is 2.37. The number of hydrogen-bond donors (Lipinski definition) is 0. The van der Waals surface area contributed by atoms with Crippen LogP contribution in [0.2, 0.25) is 15.3 Å². The van der Waals surface area contributed by atoms with E-state index in [9.17, 15) is 0 Å². The van der Waals surface area contributed by atoms with E-state index in [4.69, 9.17) is 39.5 Å². The minimum atomic E-state index is 0.0764. The summed E-state index contributed by atoms with van der Waals surface area (Å²) in [5.41, 5.74) is 0. The van der Waals surface area contributed by atoms with Crippen molar-refractivity contribution in [2.24, 2.45) is 0 Å². The number of halogens is 5. The highest BCUT2D eigenvalue weighted by Gasteiger charge is 2.11. The fourth-order valence-corrected chi connectivity index (χ4v) is 2.32. The molecule has 0 saturated carbocycles. The average Bonchev–Trinajstić information content (AvgIpc) is 2.30. The maximum Gasteiger partial charge on any atom is 0.238 e. The molecule has 0 amide bonds. The predicted octanol–water partition coefficient (Wildman–Crippen LogP) is 5.75. The number of ether oxygens (including phenoxy) is 1. The first-order valence-electron chi connectivity index (χ1n) is 4.48. The van der Waals surface area contributed by atoms with Crippen molar-refractivity contribution < 1.29 is 4.74 Å². The van der Waals surface area contributed by atoms with Gasteiger partial charge in [0.2, 0.25) is 11.2 Å². The van der Waals surface area contributed by atoms with E-state index < -0.39 is 0 Å². The van der Waals surface area contributed by atoms with Gasteiger partial charge in [0.15, 0.2) is 0 Å². The van der Waals surface area contributed by atoms with Crippen LogP contribution in [0.25, 0.3) is 0 Å². The van der Waals surface area contributed by atoms with Gasteiger partial charge >= 0.3 is 0 Å². The summed E-state index contributed by atoms with van der Waals surface area (Å²) in [7, 11) is 0. The van der Waals surface area contributed by atoms with Crippen LogP contribution in [-0.4, -0.2) is 9.97 Å². The lowest BCUT2D eigenvalue weighted by molar-refractivity contribution is 0.458. The zero-order valence-electron chi connectivity index (χ0n) is 8.42. The Balaban J connectivity index is 2.40. The molecule has 8 heteroatoms. The second kappa shape index (κ2) is 5.92. The van der Waals surface area contributed by atoms with E-state index in [-0.39, 0.29) is 11.2 Å². The molecule has 0 aliphatic heterocycles. The zero-order valence-corrected chi connectivity index (χ0v) is 13.9. The van der Waals surface area contributed by atoms with Crippen molar-refractivity contribution in [1.82, 2.24) is 9.97 Å². The van der Waals surface area contributed by atoms with Crippen molar-refractivity contribution in [1.29, 1.82) is 0 Å². The van der Waals surface area contributed by atoms with Crippen LogP contribution in [0.1, 0.15) is 0 Å². The summed E-state index contributed by atoms with van der Waals surface area (Å²) in [6.45, 7) is 0. The number of hydrogen-bond acceptors (Lipinski definition) is 3. The first kappa shape index (κ1) is 14.3. The molecule has 1 heterocycles. The Morgan fingerprint density at radius 3 is 2.44 bits per heavy atom. The molecule has 0 radical (unpaired) electrons. The Bertz CT molecular complexity index is 610. The molecular weight excluding hydrogens is 430 g/mol. The van der Waals surface area contributed by atoms with Gasteiger partial charge in [-0.05, 0) is 49.5 Å².